The van der Waals surface area contributed by atoms with E-state index in [9.17, 15) is 19.2 Å². The van der Waals surface area contributed by atoms with Crippen molar-refractivity contribution in [3.05, 3.63) is 144 Å². The Morgan fingerprint density at radius 1 is 0.490 bits per heavy atom. The van der Waals surface area contributed by atoms with E-state index in [1.165, 1.54) is 9.80 Å². The first kappa shape index (κ1) is 33.2. The number of imide groups is 2. The van der Waals surface area contributed by atoms with Gasteiger partial charge in [0.05, 0.1) is 11.4 Å². The Hall–Kier alpha value is -5.76. The van der Waals surface area contributed by atoms with Gasteiger partial charge in [0.2, 0.25) is 23.6 Å². The van der Waals surface area contributed by atoms with E-state index in [0.29, 0.717) is 43.9 Å². The predicted octanol–water partition coefficient (Wildman–Crippen LogP) is 6.90. The summed E-state index contributed by atoms with van der Waals surface area (Å²) in [6, 6.07) is 27.2. The second-order valence-corrected chi connectivity index (χ2v) is 12.2. The highest BCUT2D eigenvalue weighted by molar-refractivity contribution is 6.21. The van der Waals surface area contributed by atoms with E-state index in [4.69, 9.17) is 9.47 Å². The molecule has 6 rings (SSSR count). The van der Waals surface area contributed by atoms with Crippen LogP contribution in [0.4, 0.5) is 11.4 Å². The van der Waals surface area contributed by atoms with E-state index in [0.717, 1.165) is 44.9 Å². The fourth-order valence-electron chi connectivity index (χ4n) is 6.30. The smallest absolute Gasteiger partial charge is 0.234 e. The van der Waals surface area contributed by atoms with Gasteiger partial charge in [-0.1, -0.05) is 73.8 Å². The molecule has 0 unspecified atom stereocenters. The molecule has 49 heavy (non-hydrogen) atoms. The molecular formula is C41H38N2O6. The molecule has 4 amide bonds. The van der Waals surface area contributed by atoms with Crippen LogP contribution >= 0.6 is 0 Å². The zero-order valence-corrected chi connectivity index (χ0v) is 27.4. The highest BCUT2D eigenvalue weighted by atomic mass is 16.5. The van der Waals surface area contributed by atoms with Gasteiger partial charge >= 0.3 is 0 Å². The minimum Gasteiger partial charge on any atom is -0.490 e. The van der Waals surface area contributed by atoms with Crippen molar-refractivity contribution >= 4 is 35.0 Å². The Labute approximate surface area is 286 Å². The van der Waals surface area contributed by atoms with Gasteiger partial charge in [-0.15, -0.1) is 0 Å². The highest BCUT2D eigenvalue weighted by Gasteiger charge is 2.33. The summed E-state index contributed by atoms with van der Waals surface area (Å²) in [6.07, 6.45) is 5.79. The average molecular weight is 655 g/mol. The lowest BCUT2D eigenvalue weighted by atomic mass is 9.94. The summed E-state index contributed by atoms with van der Waals surface area (Å²) in [5.74, 6) is 0.682. The molecule has 8 nitrogen and oxygen atoms in total. The number of amides is 4. The lowest BCUT2D eigenvalue weighted by Crippen LogP contribution is -2.29. The molecule has 248 valence electrons. The van der Waals surface area contributed by atoms with E-state index < -0.39 is 0 Å². The van der Waals surface area contributed by atoms with Crippen molar-refractivity contribution in [3.63, 3.8) is 0 Å². The van der Waals surface area contributed by atoms with Gasteiger partial charge in [-0.25, -0.2) is 0 Å². The molecule has 4 aromatic carbocycles. The molecule has 2 aliphatic rings. The monoisotopic (exact) mass is 654 g/mol. The largest absolute Gasteiger partial charge is 0.490 e. The summed E-state index contributed by atoms with van der Waals surface area (Å²) in [6.45, 7) is 8.20. The van der Waals surface area contributed by atoms with Crippen LogP contribution in [0.5, 0.6) is 11.5 Å². The Bertz CT molecular complexity index is 1740. The lowest BCUT2D eigenvalue weighted by Gasteiger charge is -2.21. The third kappa shape index (κ3) is 7.70. The molecule has 0 N–H and O–H groups in total. The number of ether oxygens (including phenoxy) is 2. The summed E-state index contributed by atoms with van der Waals surface area (Å²) in [7, 11) is 0. The average Bonchev–Trinajstić information content (AvgIpc) is 3.62. The van der Waals surface area contributed by atoms with Gasteiger partial charge in [0.25, 0.3) is 0 Å². The molecule has 2 aliphatic heterocycles. The molecule has 0 bridgehead atoms. The van der Waals surface area contributed by atoms with Crippen LogP contribution in [0.3, 0.4) is 0 Å². The molecule has 2 heterocycles. The first-order chi connectivity index (χ1) is 23.8. The molecule has 0 aromatic heterocycles. The molecular weight excluding hydrogens is 616 g/mol. The van der Waals surface area contributed by atoms with Crippen molar-refractivity contribution in [3.8, 4) is 11.5 Å². The minimum absolute atomic E-state index is 0.196. The van der Waals surface area contributed by atoms with E-state index in [2.05, 4.69) is 25.3 Å². The Balaban J connectivity index is 1.31. The van der Waals surface area contributed by atoms with E-state index in [1.54, 1.807) is 12.2 Å². The summed E-state index contributed by atoms with van der Waals surface area (Å²) >= 11 is 0. The van der Waals surface area contributed by atoms with Crippen molar-refractivity contribution in [1.29, 1.82) is 0 Å². The van der Waals surface area contributed by atoms with E-state index >= 15 is 0 Å². The number of anilines is 2. The molecule has 0 spiro atoms. The number of benzene rings is 4. The Morgan fingerprint density at radius 2 is 0.837 bits per heavy atom. The first-order valence-corrected chi connectivity index (χ1v) is 16.4. The fraction of sp³-hybridized carbons (Fsp3) is 0.220. The van der Waals surface area contributed by atoms with Crippen LogP contribution < -0.4 is 19.3 Å². The van der Waals surface area contributed by atoms with Crippen LogP contribution in [0.15, 0.2) is 110 Å². The summed E-state index contributed by atoms with van der Waals surface area (Å²) < 4.78 is 11.3. The SMILES string of the molecule is C=CCOc1ccc(Cc2cc(Cc3ccc(N4C(=O)CCC4=O)c(Cc4ccc(OCC=C)cc4)c3)ccc2N2C(=O)CCC2=O)cc1. The van der Waals surface area contributed by atoms with Crippen LogP contribution in [-0.2, 0) is 38.4 Å². The molecule has 8 heteroatoms. The molecule has 0 radical (unpaired) electrons. The van der Waals surface area contributed by atoms with Gasteiger partial charge < -0.3 is 9.47 Å². The summed E-state index contributed by atoms with van der Waals surface area (Å²) in [5, 5.41) is 0. The zero-order valence-electron chi connectivity index (χ0n) is 27.4. The Morgan fingerprint density at radius 3 is 1.18 bits per heavy atom. The number of hydrogen-bond acceptors (Lipinski definition) is 6. The van der Waals surface area contributed by atoms with Crippen molar-refractivity contribution in [1.82, 2.24) is 0 Å². The number of carbonyl (C=O) groups is 4. The third-order valence-electron chi connectivity index (χ3n) is 8.65. The molecule has 0 aliphatic carbocycles. The fourth-order valence-corrected chi connectivity index (χ4v) is 6.30. The van der Waals surface area contributed by atoms with E-state index in [1.807, 2.05) is 72.8 Å². The second-order valence-electron chi connectivity index (χ2n) is 12.2. The highest BCUT2D eigenvalue weighted by Crippen LogP contribution is 2.33. The van der Waals surface area contributed by atoms with Crippen LogP contribution in [0.25, 0.3) is 0 Å². The Kier molecular flexibility index (Phi) is 10.1. The standard InChI is InChI=1S/C41H38N2O6/c1-3-21-48-34-11-5-28(6-12-34)24-32-26-30(9-15-36(32)42-38(44)17-18-39(42)45)23-31-10-16-37(43-40(46)19-20-41(43)47)33(27-31)25-29-7-13-35(14-8-29)49-22-4-2/h3-16,26-27H,1-2,17-25H2. The van der Waals surface area contributed by atoms with Crippen molar-refractivity contribution in [2.45, 2.75) is 44.9 Å². The van der Waals surface area contributed by atoms with Gasteiger partial charge in [0, 0.05) is 25.7 Å². The quantitative estimate of drug-likeness (QED) is 0.109. The predicted molar refractivity (Wildman–Crippen MR) is 189 cm³/mol. The van der Waals surface area contributed by atoms with Gasteiger partial charge in [-0.3, -0.25) is 29.0 Å². The lowest BCUT2D eigenvalue weighted by molar-refractivity contribution is -0.122. The van der Waals surface area contributed by atoms with Crippen LogP contribution in [0.2, 0.25) is 0 Å². The van der Waals surface area contributed by atoms with Gasteiger partial charge in [0.15, 0.2) is 0 Å². The molecule has 4 aromatic rings. The molecule has 0 atom stereocenters. The molecule has 0 saturated carbocycles. The van der Waals surface area contributed by atoms with Gasteiger partial charge in [-0.2, -0.15) is 0 Å². The van der Waals surface area contributed by atoms with Crippen molar-refractivity contribution in [2.75, 3.05) is 23.0 Å². The summed E-state index contributed by atoms with van der Waals surface area (Å²) in [4.78, 5) is 53.7. The third-order valence-corrected chi connectivity index (χ3v) is 8.65. The van der Waals surface area contributed by atoms with Gasteiger partial charge in [-0.05, 0) is 89.0 Å². The van der Waals surface area contributed by atoms with Crippen molar-refractivity contribution < 1.29 is 28.7 Å². The topological polar surface area (TPSA) is 93.2 Å². The maximum absolute atomic E-state index is 12.8. The number of hydrogen-bond donors (Lipinski definition) is 0. The number of rotatable bonds is 14. The van der Waals surface area contributed by atoms with Crippen LogP contribution in [0, 0.1) is 0 Å². The number of nitrogens with zero attached hydrogens (tertiary/aromatic N) is 2. The maximum Gasteiger partial charge on any atom is 0.234 e. The maximum atomic E-state index is 12.8. The van der Waals surface area contributed by atoms with Crippen LogP contribution in [-0.4, -0.2) is 36.8 Å². The van der Waals surface area contributed by atoms with Gasteiger partial charge in [0.1, 0.15) is 24.7 Å². The normalized spacial score (nSPS) is 14.4. The number of carbonyl (C=O) groups excluding carboxylic acids is 4. The zero-order chi connectivity index (χ0) is 34.3. The second kappa shape index (κ2) is 15.0. The van der Waals surface area contributed by atoms with Crippen molar-refractivity contribution in [2.24, 2.45) is 0 Å². The van der Waals surface area contributed by atoms with E-state index in [-0.39, 0.29) is 49.3 Å². The molecule has 2 fully saturated rings. The molecule has 2 saturated heterocycles. The summed E-state index contributed by atoms with van der Waals surface area (Å²) in [5.41, 5.74) is 6.96. The first-order valence-electron chi connectivity index (χ1n) is 16.4. The minimum atomic E-state index is -0.196. The van der Waals surface area contributed by atoms with Crippen LogP contribution in [0.1, 0.15) is 59.1 Å².